The molecule has 1 atom stereocenters. The second-order valence-electron chi connectivity index (χ2n) is 4.71. The summed E-state index contributed by atoms with van der Waals surface area (Å²) in [4.78, 5) is 35.0. The van der Waals surface area contributed by atoms with Gasteiger partial charge in [0.05, 0.1) is 0 Å². The predicted octanol–water partition coefficient (Wildman–Crippen LogP) is 1.54. The monoisotopic (exact) mass is 341 g/mol. The Kier molecular flexibility index (Phi) is 6.09. The summed E-state index contributed by atoms with van der Waals surface area (Å²) in [6.45, 7) is 0.537. The van der Waals surface area contributed by atoms with Crippen molar-refractivity contribution in [2.75, 3.05) is 12.3 Å². The molecule has 0 bridgehead atoms. The van der Waals surface area contributed by atoms with Crippen LogP contribution in [-0.4, -0.2) is 36.2 Å². The Labute approximate surface area is 137 Å². The van der Waals surface area contributed by atoms with Crippen molar-refractivity contribution >= 4 is 41.2 Å². The third-order valence-electron chi connectivity index (χ3n) is 3.03. The summed E-state index contributed by atoms with van der Waals surface area (Å²) in [6.07, 6.45) is 0.498. The number of nitrogens with one attached hydrogen (secondary N) is 3. The Morgan fingerprint density at radius 2 is 2.00 bits per heavy atom. The van der Waals surface area contributed by atoms with Crippen LogP contribution < -0.4 is 16.0 Å². The van der Waals surface area contributed by atoms with Gasteiger partial charge in [0, 0.05) is 28.6 Å². The fourth-order valence-corrected chi connectivity index (χ4v) is 2.81. The smallest absolute Gasteiger partial charge is 0.322 e. The van der Waals surface area contributed by atoms with Crippen LogP contribution >= 0.6 is 23.4 Å². The van der Waals surface area contributed by atoms with Gasteiger partial charge >= 0.3 is 6.03 Å². The van der Waals surface area contributed by atoms with Crippen molar-refractivity contribution in [3.8, 4) is 0 Å². The van der Waals surface area contributed by atoms with E-state index in [2.05, 4.69) is 16.0 Å². The van der Waals surface area contributed by atoms with Gasteiger partial charge in [0.1, 0.15) is 6.04 Å². The van der Waals surface area contributed by atoms with Crippen LogP contribution in [0.2, 0.25) is 5.02 Å². The van der Waals surface area contributed by atoms with E-state index in [4.69, 9.17) is 11.6 Å². The van der Waals surface area contributed by atoms with Gasteiger partial charge in [-0.25, -0.2) is 4.79 Å². The topological polar surface area (TPSA) is 87.3 Å². The minimum atomic E-state index is -0.610. The van der Waals surface area contributed by atoms with Crippen molar-refractivity contribution in [3.05, 3.63) is 29.3 Å². The minimum absolute atomic E-state index is 0.134. The van der Waals surface area contributed by atoms with Crippen molar-refractivity contribution in [2.24, 2.45) is 0 Å². The van der Waals surface area contributed by atoms with Gasteiger partial charge in [-0.15, -0.1) is 11.8 Å². The lowest BCUT2D eigenvalue weighted by Crippen LogP contribution is -2.32. The van der Waals surface area contributed by atoms with E-state index in [0.29, 0.717) is 18.0 Å². The lowest BCUT2D eigenvalue weighted by atomic mass is 10.1. The Bertz CT molecular complexity index is 565. The summed E-state index contributed by atoms with van der Waals surface area (Å²) in [5.74, 6) is 0.232. The van der Waals surface area contributed by atoms with E-state index < -0.39 is 12.1 Å². The molecule has 22 heavy (non-hydrogen) atoms. The average Bonchev–Trinajstić information content (AvgIpc) is 2.81. The zero-order valence-electron chi connectivity index (χ0n) is 11.7. The number of thioether (sulfide) groups is 1. The molecular formula is C14H16ClN3O3S. The molecule has 0 saturated carbocycles. The van der Waals surface area contributed by atoms with Crippen LogP contribution in [0.4, 0.5) is 4.79 Å². The molecule has 1 saturated heterocycles. The molecule has 1 heterocycles. The van der Waals surface area contributed by atoms with E-state index in [1.165, 1.54) is 0 Å². The molecule has 118 valence electrons. The fraction of sp³-hybridized carbons (Fsp3) is 0.357. The molecule has 4 amide bonds. The lowest BCUT2D eigenvalue weighted by molar-refractivity contribution is -0.122. The van der Waals surface area contributed by atoms with E-state index >= 15 is 0 Å². The summed E-state index contributed by atoms with van der Waals surface area (Å²) < 4.78 is 0. The Balaban J connectivity index is 1.59. The number of hydrogen-bond donors (Lipinski definition) is 3. The van der Waals surface area contributed by atoms with Gasteiger partial charge in [-0.05, 0) is 30.7 Å². The molecule has 1 aliphatic rings. The maximum atomic E-state index is 11.7. The predicted molar refractivity (Wildman–Crippen MR) is 84.9 cm³/mol. The number of carbonyl (C=O) groups is 3. The number of urea groups is 1. The van der Waals surface area contributed by atoms with Crippen LogP contribution in [0.25, 0.3) is 0 Å². The van der Waals surface area contributed by atoms with Crippen molar-refractivity contribution in [2.45, 2.75) is 23.8 Å². The SMILES string of the molecule is O=C(CC[C@@H]1NC(=O)NC1=O)NCCSc1ccc(Cl)cc1. The number of halogens is 1. The second kappa shape index (κ2) is 8.05. The summed E-state index contributed by atoms with van der Waals surface area (Å²) in [7, 11) is 0. The Morgan fingerprint density at radius 1 is 1.27 bits per heavy atom. The third-order valence-corrected chi connectivity index (χ3v) is 4.29. The van der Waals surface area contributed by atoms with Gasteiger partial charge in [-0.1, -0.05) is 11.6 Å². The van der Waals surface area contributed by atoms with Crippen LogP contribution in [0.1, 0.15) is 12.8 Å². The number of imide groups is 1. The molecule has 0 aliphatic carbocycles. The highest BCUT2D eigenvalue weighted by atomic mass is 35.5. The van der Waals surface area contributed by atoms with E-state index in [0.717, 1.165) is 10.6 Å². The molecule has 0 spiro atoms. The maximum absolute atomic E-state index is 11.7. The van der Waals surface area contributed by atoms with Gasteiger partial charge in [0.2, 0.25) is 5.91 Å². The number of carbonyl (C=O) groups excluding carboxylic acids is 3. The molecular weight excluding hydrogens is 326 g/mol. The standard InChI is InChI=1S/C14H16ClN3O3S/c15-9-1-3-10(4-2-9)22-8-7-16-12(19)6-5-11-13(20)18-14(21)17-11/h1-4,11H,5-8H2,(H,16,19)(H2,17,18,20,21)/t11-/m0/s1. The maximum Gasteiger partial charge on any atom is 0.322 e. The van der Waals surface area contributed by atoms with Crippen LogP contribution in [0.3, 0.4) is 0 Å². The summed E-state index contributed by atoms with van der Waals surface area (Å²) in [6, 6.07) is 6.38. The Hall–Kier alpha value is -1.73. The molecule has 0 aromatic heterocycles. The third kappa shape index (κ3) is 5.23. The van der Waals surface area contributed by atoms with E-state index in [1.807, 2.05) is 24.3 Å². The van der Waals surface area contributed by atoms with Crippen LogP contribution in [-0.2, 0) is 9.59 Å². The van der Waals surface area contributed by atoms with Crippen LogP contribution in [0, 0.1) is 0 Å². The van der Waals surface area contributed by atoms with Gasteiger partial charge in [0.15, 0.2) is 0 Å². The van der Waals surface area contributed by atoms with Crippen LogP contribution in [0.5, 0.6) is 0 Å². The van der Waals surface area contributed by atoms with Crippen molar-refractivity contribution in [1.82, 2.24) is 16.0 Å². The average molecular weight is 342 g/mol. The van der Waals surface area contributed by atoms with Gasteiger partial charge in [-0.3, -0.25) is 14.9 Å². The first-order chi connectivity index (χ1) is 10.5. The number of rotatable bonds is 7. The second-order valence-corrected chi connectivity index (χ2v) is 6.31. The summed E-state index contributed by atoms with van der Waals surface area (Å²) >= 11 is 7.42. The molecule has 1 aliphatic heterocycles. The molecule has 1 aromatic rings. The molecule has 1 aromatic carbocycles. The lowest BCUT2D eigenvalue weighted by Gasteiger charge is -2.08. The minimum Gasteiger partial charge on any atom is -0.355 e. The molecule has 0 unspecified atom stereocenters. The molecule has 3 N–H and O–H groups in total. The highest BCUT2D eigenvalue weighted by Crippen LogP contribution is 2.19. The normalized spacial score (nSPS) is 17.0. The first kappa shape index (κ1) is 16.6. The zero-order chi connectivity index (χ0) is 15.9. The van der Waals surface area contributed by atoms with Gasteiger partial charge in [-0.2, -0.15) is 0 Å². The van der Waals surface area contributed by atoms with Crippen molar-refractivity contribution < 1.29 is 14.4 Å². The molecule has 6 nitrogen and oxygen atoms in total. The highest BCUT2D eigenvalue weighted by molar-refractivity contribution is 7.99. The zero-order valence-corrected chi connectivity index (χ0v) is 13.3. The molecule has 2 rings (SSSR count). The van der Waals surface area contributed by atoms with Gasteiger partial charge < -0.3 is 10.6 Å². The van der Waals surface area contributed by atoms with E-state index in [1.54, 1.807) is 11.8 Å². The number of benzene rings is 1. The largest absolute Gasteiger partial charge is 0.355 e. The summed E-state index contributed by atoms with van der Waals surface area (Å²) in [5, 5.41) is 8.07. The fourth-order valence-electron chi connectivity index (χ4n) is 1.92. The molecule has 8 heteroatoms. The highest BCUT2D eigenvalue weighted by Gasteiger charge is 2.29. The van der Waals surface area contributed by atoms with Crippen molar-refractivity contribution in [3.63, 3.8) is 0 Å². The van der Waals surface area contributed by atoms with Gasteiger partial charge in [0.25, 0.3) is 5.91 Å². The quantitative estimate of drug-likeness (QED) is 0.399. The van der Waals surface area contributed by atoms with Crippen LogP contribution in [0.15, 0.2) is 29.2 Å². The summed E-state index contributed by atoms with van der Waals surface area (Å²) in [5.41, 5.74) is 0. The Morgan fingerprint density at radius 3 is 2.64 bits per heavy atom. The van der Waals surface area contributed by atoms with E-state index in [-0.39, 0.29) is 18.2 Å². The molecule has 1 fully saturated rings. The first-order valence-electron chi connectivity index (χ1n) is 6.81. The molecule has 0 radical (unpaired) electrons. The van der Waals surface area contributed by atoms with E-state index in [9.17, 15) is 14.4 Å². The number of amides is 4. The van der Waals surface area contributed by atoms with Crippen molar-refractivity contribution in [1.29, 1.82) is 0 Å². The number of hydrogen-bond acceptors (Lipinski definition) is 4. The first-order valence-corrected chi connectivity index (χ1v) is 8.17.